The van der Waals surface area contributed by atoms with E-state index in [1.54, 1.807) is 4.57 Å². The molecule has 9 heteroatoms. The number of carbonyl (C=O) groups is 1. The molecule has 1 aromatic carbocycles. The van der Waals surface area contributed by atoms with Crippen LogP contribution in [-0.2, 0) is 27.4 Å². The zero-order valence-corrected chi connectivity index (χ0v) is 24.9. The van der Waals surface area contributed by atoms with Crippen LogP contribution in [0.3, 0.4) is 0 Å². The summed E-state index contributed by atoms with van der Waals surface area (Å²) in [5.74, 6) is 0.428. The molecule has 1 N–H and O–H groups in total. The SMILES string of the molecule is C=NO/C(=C\CC/C=c1/nc(CCCCC(=O)O)n(C2C=CC(P)=CC2)c(=O)/c1=C/CC)COCc1ccccc1. The highest BCUT2D eigenvalue weighted by Crippen LogP contribution is 2.24. The van der Waals surface area contributed by atoms with Crippen LogP contribution in [-0.4, -0.2) is 34.0 Å². The summed E-state index contributed by atoms with van der Waals surface area (Å²) >= 11 is 0. The van der Waals surface area contributed by atoms with Crippen molar-refractivity contribution in [2.75, 3.05) is 6.61 Å². The minimum absolute atomic E-state index is 0.0682. The molecule has 2 atom stereocenters. The number of hydrogen-bond acceptors (Lipinski definition) is 6. The van der Waals surface area contributed by atoms with Gasteiger partial charge in [-0.25, -0.2) is 4.98 Å². The highest BCUT2D eigenvalue weighted by Gasteiger charge is 2.17. The monoisotopic (exact) mass is 577 g/mol. The van der Waals surface area contributed by atoms with E-state index in [2.05, 4.69) is 27.2 Å². The van der Waals surface area contributed by atoms with E-state index in [1.807, 2.05) is 67.6 Å². The molecule has 1 aliphatic rings. The molecule has 0 saturated carbocycles. The van der Waals surface area contributed by atoms with Crippen molar-refractivity contribution >= 4 is 34.1 Å². The molecule has 0 amide bonds. The van der Waals surface area contributed by atoms with E-state index in [1.165, 1.54) is 0 Å². The molecule has 2 aromatic rings. The number of nitrogens with zero attached hydrogens (tertiary/aromatic N) is 3. The summed E-state index contributed by atoms with van der Waals surface area (Å²) in [5.41, 5.74) is 1.00. The minimum atomic E-state index is -0.820. The third kappa shape index (κ3) is 10.4. The van der Waals surface area contributed by atoms with Gasteiger partial charge in [0.1, 0.15) is 12.4 Å². The van der Waals surface area contributed by atoms with E-state index in [0.29, 0.717) is 73.7 Å². The van der Waals surface area contributed by atoms with Crippen molar-refractivity contribution < 1.29 is 19.5 Å². The standard InChI is InChI=1S/C32H40N3O5P/c1-3-11-28-29(15-8-7-14-26(40-33-2)23-39-22-24-12-5-4-6-13-24)34-30(16-9-10-17-31(36)37)35(32(28)38)25-18-20-27(41)21-19-25/h4-6,11-15,18,20-21,25H,2-3,7-10,16-17,19,22-23,41H2,1H3,(H,36,37)/b26-14-,28-11+,29-15+. The number of unbranched alkanes of at least 4 members (excludes halogenated alkanes) is 2. The molecule has 0 fully saturated rings. The average molecular weight is 578 g/mol. The van der Waals surface area contributed by atoms with Gasteiger partial charge in [0.15, 0.2) is 5.76 Å². The molecule has 0 radical (unpaired) electrons. The maximum absolute atomic E-state index is 13.8. The van der Waals surface area contributed by atoms with Gasteiger partial charge in [0.2, 0.25) is 0 Å². The number of oxime groups is 1. The lowest BCUT2D eigenvalue weighted by atomic mass is 10.1. The fraction of sp³-hybridized carbons (Fsp3) is 0.375. The molecule has 41 heavy (non-hydrogen) atoms. The highest BCUT2D eigenvalue weighted by molar-refractivity contribution is 7.22. The lowest BCUT2D eigenvalue weighted by Crippen LogP contribution is -2.49. The van der Waals surface area contributed by atoms with E-state index in [4.69, 9.17) is 19.7 Å². The van der Waals surface area contributed by atoms with Crippen molar-refractivity contribution in [1.29, 1.82) is 0 Å². The van der Waals surface area contributed by atoms with Crippen LogP contribution in [0.5, 0.6) is 0 Å². The van der Waals surface area contributed by atoms with Crippen LogP contribution in [0.4, 0.5) is 0 Å². The lowest BCUT2D eigenvalue weighted by Gasteiger charge is -2.21. The van der Waals surface area contributed by atoms with Crippen molar-refractivity contribution in [2.24, 2.45) is 5.16 Å². The quantitative estimate of drug-likeness (QED) is 0.101. The topological polar surface area (TPSA) is 103 Å². The summed E-state index contributed by atoms with van der Waals surface area (Å²) in [7, 11) is 2.69. The normalized spacial score (nSPS) is 16.1. The molecule has 1 aliphatic carbocycles. The first-order valence-corrected chi connectivity index (χ1v) is 14.6. The van der Waals surface area contributed by atoms with Crippen LogP contribution in [0.2, 0.25) is 0 Å². The number of aromatic nitrogens is 2. The highest BCUT2D eigenvalue weighted by atomic mass is 31.0. The van der Waals surface area contributed by atoms with Crippen LogP contribution >= 0.6 is 9.24 Å². The molecule has 1 heterocycles. The van der Waals surface area contributed by atoms with Gasteiger partial charge in [0.25, 0.3) is 5.56 Å². The van der Waals surface area contributed by atoms with Crippen LogP contribution < -0.4 is 16.1 Å². The molecular formula is C32H40N3O5P. The molecular weight excluding hydrogens is 537 g/mol. The first-order valence-electron chi connectivity index (χ1n) is 14.0. The summed E-state index contributed by atoms with van der Waals surface area (Å²) < 4.78 is 7.56. The van der Waals surface area contributed by atoms with Crippen molar-refractivity contribution in [1.82, 2.24) is 9.55 Å². The predicted octanol–water partition coefficient (Wildman–Crippen LogP) is 4.78. The molecule has 0 spiro atoms. The Balaban J connectivity index is 1.83. The van der Waals surface area contributed by atoms with E-state index < -0.39 is 5.97 Å². The number of carboxylic acids is 1. The molecule has 0 aliphatic heterocycles. The van der Waals surface area contributed by atoms with Crippen LogP contribution in [0.1, 0.15) is 69.3 Å². The number of ether oxygens (including phenoxy) is 1. The fourth-order valence-corrected chi connectivity index (χ4v) is 4.82. The number of aliphatic carboxylic acids is 1. The third-order valence-corrected chi connectivity index (χ3v) is 6.98. The largest absolute Gasteiger partial charge is 0.481 e. The predicted molar refractivity (Wildman–Crippen MR) is 167 cm³/mol. The summed E-state index contributed by atoms with van der Waals surface area (Å²) in [6.45, 7) is 6.14. The van der Waals surface area contributed by atoms with Gasteiger partial charge in [-0.3, -0.25) is 14.2 Å². The number of benzene rings is 1. The zero-order chi connectivity index (χ0) is 29.5. The fourth-order valence-electron chi connectivity index (χ4n) is 4.57. The Morgan fingerprint density at radius 1 is 1.24 bits per heavy atom. The van der Waals surface area contributed by atoms with E-state index >= 15 is 0 Å². The maximum atomic E-state index is 13.8. The second kappa shape index (κ2) is 17.3. The van der Waals surface area contributed by atoms with E-state index in [0.717, 1.165) is 10.9 Å². The number of aryl methyl sites for hydroxylation is 1. The number of carboxylic acid groups (broad SMARTS) is 1. The third-order valence-electron chi connectivity index (χ3n) is 6.55. The minimum Gasteiger partial charge on any atom is -0.481 e. The smallest absolute Gasteiger partial charge is 0.303 e. The van der Waals surface area contributed by atoms with E-state index in [-0.39, 0.29) is 24.6 Å². The van der Waals surface area contributed by atoms with Gasteiger partial charge >= 0.3 is 5.97 Å². The number of rotatable bonds is 16. The molecule has 0 bridgehead atoms. The Labute approximate surface area is 243 Å². The van der Waals surface area contributed by atoms with Crippen LogP contribution in [0.15, 0.2) is 75.7 Å². The zero-order valence-electron chi connectivity index (χ0n) is 23.7. The van der Waals surface area contributed by atoms with Crippen LogP contribution in [0.25, 0.3) is 12.2 Å². The molecule has 3 rings (SSSR count). The first kappa shape index (κ1) is 31.9. The Morgan fingerprint density at radius 2 is 2.05 bits per heavy atom. The number of allylic oxidation sites excluding steroid dienone is 5. The van der Waals surface area contributed by atoms with Gasteiger partial charge in [-0.2, -0.15) is 0 Å². The summed E-state index contributed by atoms with van der Waals surface area (Å²) in [6.07, 6.45) is 16.4. The number of hydrogen-bond donors (Lipinski definition) is 1. The Hall–Kier alpha value is -3.61. The summed E-state index contributed by atoms with van der Waals surface area (Å²) in [4.78, 5) is 35.1. The molecule has 0 saturated heterocycles. The summed E-state index contributed by atoms with van der Waals surface area (Å²) in [5, 5.41) is 14.9. The van der Waals surface area contributed by atoms with Gasteiger partial charge in [0, 0.05) is 19.6 Å². The first-order chi connectivity index (χ1) is 19.9. The van der Waals surface area contributed by atoms with Gasteiger partial charge < -0.3 is 14.7 Å². The van der Waals surface area contributed by atoms with Gasteiger partial charge in [0.05, 0.1) is 23.2 Å². The second-order valence-corrected chi connectivity index (χ2v) is 10.4. The molecule has 1 aromatic heterocycles. The van der Waals surface area contributed by atoms with Gasteiger partial charge in [-0.1, -0.05) is 72.8 Å². The molecule has 8 nitrogen and oxygen atoms in total. The van der Waals surface area contributed by atoms with E-state index in [9.17, 15) is 9.59 Å². The Kier molecular flexibility index (Phi) is 13.4. The molecule has 2 unspecified atom stereocenters. The maximum Gasteiger partial charge on any atom is 0.303 e. The van der Waals surface area contributed by atoms with Crippen LogP contribution in [0, 0.1) is 0 Å². The van der Waals surface area contributed by atoms with Crippen molar-refractivity contribution in [3.8, 4) is 0 Å². The van der Waals surface area contributed by atoms with Gasteiger partial charge in [-0.05, 0) is 55.5 Å². The molecule has 218 valence electrons. The summed E-state index contributed by atoms with van der Waals surface area (Å²) in [6, 6.07) is 9.76. The van der Waals surface area contributed by atoms with Gasteiger partial charge in [-0.15, -0.1) is 9.24 Å². The Bertz CT molecular complexity index is 1440. The Morgan fingerprint density at radius 3 is 2.73 bits per heavy atom. The van der Waals surface area contributed by atoms with Crippen molar-refractivity contribution in [3.05, 3.63) is 98.0 Å². The lowest BCUT2D eigenvalue weighted by molar-refractivity contribution is -0.137. The van der Waals surface area contributed by atoms with Crippen molar-refractivity contribution in [2.45, 2.75) is 70.9 Å². The average Bonchev–Trinajstić information content (AvgIpc) is 2.96. The van der Waals surface area contributed by atoms with Crippen molar-refractivity contribution in [3.63, 3.8) is 0 Å². The second-order valence-electron chi connectivity index (χ2n) is 9.73.